The van der Waals surface area contributed by atoms with E-state index in [1.807, 2.05) is 45.0 Å². The molecule has 1 aromatic carbocycles. The Labute approximate surface area is 119 Å². The Bertz CT molecular complexity index is 565. The predicted molar refractivity (Wildman–Crippen MR) is 80.7 cm³/mol. The van der Waals surface area contributed by atoms with Crippen LogP contribution in [0.15, 0.2) is 24.3 Å². The fraction of sp³-hybridized carbons (Fsp3) is 0.429. The van der Waals surface area contributed by atoms with Crippen molar-refractivity contribution in [2.45, 2.75) is 33.3 Å². The second kappa shape index (κ2) is 6.10. The van der Waals surface area contributed by atoms with Crippen molar-refractivity contribution < 1.29 is 9.47 Å². The van der Waals surface area contributed by atoms with Crippen LogP contribution in [0.3, 0.4) is 0 Å². The molecule has 0 spiro atoms. The van der Waals surface area contributed by atoms with Crippen molar-refractivity contribution in [1.29, 1.82) is 0 Å². The van der Waals surface area contributed by atoms with Crippen LogP contribution in [0.1, 0.15) is 26.5 Å². The predicted octanol–water partition coefficient (Wildman–Crippen LogP) is 2.90. The Morgan fingerprint density at radius 1 is 1.21 bits per heavy atom. The lowest BCUT2D eigenvalue weighted by Gasteiger charge is -2.20. The maximum Gasteiger partial charge on any atom is 0.502 e. The van der Waals surface area contributed by atoms with Crippen LogP contribution >= 0.6 is 12.6 Å². The third-order valence-corrected chi connectivity index (χ3v) is 2.39. The zero-order chi connectivity index (χ0) is 14.6. The van der Waals surface area contributed by atoms with Gasteiger partial charge in [0, 0.05) is 0 Å². The number of para-hydroxylation sites is 1. The van der Waals surface area contributed by atoms with Crippen LogP contribution in [-0.4, -0.2) is 16.8 Å². The highest BCUT2D eigenvalue weighted by atomic mass is 32.1. The number of hydrogen-bond acceptors (Lipinski definition) is 4. The van der Waals surface area contributed by atoms with Gasteiger partial charge >= 0.3 is 6.01 Å². The molecule has 1 aromatic heterocycles. The van der Waals surface area contributed by atoms with E-state index in [1.165, 1.54) is 0 Å². The Balaban J connectivity index is 0.000000861. The Morgan fingerprint density at radius 2 is 1.79 bits per heavy atom. The first-order valence-corrected chi connectivity index (χ1v) is 6.90. The molecule has 19 heavy (non-hydrogen) atoms. The average Bonchev–Trinajstić information content (AvgIpc) is 2.36. The molecule has 0 amide bonds. The molecule has 0 N–H and O–H groups in total. The highest BCUT2D eigenvalue weighted by Gasteiger charge is 2.22. The number of benzene rings is 1. The topological polar surface area (TPSA) is 49.1 Å². The van der Waals surface area contributed by atoms with E-state index in [1.54, 1.807) is 13.2 Å². The molecule has 0 aliphatic rings. The summed E-state index contributed by atoms with van der Waals surface area (Å²) in [7, 11) is 0. The number of fused-ring (bicyclic) bond motifs is 1. The van der Waals surface area contributed by atoms with Gasteiger partial charge in [-0.2, -0.15) is 17.4 Å². The summed E-state index contributed by atoms with van der Waals surface area (Å²) in [5, 5.41) is 12.8. The fourth-order valence-electron chi connectivity index (χ4n) is 1.62. The average molecular weight is 280 g/mol. The lowest BCUT2D eigenvalue weighted by molar-refractivity contribution is -0.623. The molecule has 0 aliphatic carbocycles. The molecule has 5 heteroatoms. The molecule has 2 aromatic rings. The molecule has 2 rings (SSSR count). The summed E-state index contributed by atoms with van der Waals surface area (Å²) in [4.78, 5) is 4.25. The van der Waals surface area contributed by atoms with Gasteiger partial charge in [0.15, 0.2) is 5.52 Å². The van der Waals surface area contributed by atoms with Gasteiger partial charge in [-0.05, 0) is 51.1 Å². The normalized spacial score (nSPS) is 10.8. The third kappa shape index (κ3) is 3.73. The van der Waals surface area contributed by atoms with Crippen molar-refractivity contribution in [3.8, 4) is 6.01 Å². The molecule has 1 heterocycles. The minimum Gasteiger partial charge on any atom is -0.708 e. The van der Waals surface area contributed by atoms with Crippen molar-refractivity contribution in [3.05, 3.63) is 35.2 Å². The van der Waals surface area contributed by atoms with Crippen LogP contribution in [-0.2, 0) is 0 Å². The summed E-state index contributed by atoms with van der Waals surface area (Å²) in [5.41, 5.74) is 0.944. The zero-order valence-electron chi connectivity index (χ0n) is 12.0. The van der Waals surface area contributed by atoms with Crippen LogP contribution < -0.4 is 9.47 Å². The van der Waals surface area contributed by atoms with E-state index in [2.05, 4.69) is 17.6 Å². The number of aromatic nitrogens is 2. The van der Waals surface area contributed by atoms with Crippen LogP contribution in [0.4, 0.5) is 0 Å². The number of rotatable bonds is 1. The van der Waals surface area contributed by atoms with Crippen LogP contribution in [0.2, 0.25) is 0 Å². The molecule has 0 radical (unpaired) electrons. The van der Waals surface area contributed by atoms with Crippen molar-refractivity contribution in [2.24, 2.45) is 0 Å². The van der Waals surface area contributed by atoms with Gasteiger partial charge in [-0.1, -0.05) is 12.1 Å². The number of aryl methyl sites for hydroxylation is 1. The molecular formula is C14H20N2O2S. The standard InChI is InChI=1S/C13H16N2O2.CH4S/c1-9-10-7-5-6-8-11(10)14-12(15(9)16)17-13(2,3)4;1-2/h5-8H,1-4H3;2H,1H3. The fourth-order valence-corrected chi connectivity index (χ4v) is 1.62. The molecule has 0 bridgehead atoms. The van der Waals surface area contributed by atoms with Crippen molar-refractivity contribution >= 4 is 23.5 Å². The molecule has 0 unspecified atom stereocenters. The lowest BCUT2D eigenvalue weighted by atomic mass is 10.2. The highest BCUT2D eigenvalue weighted by Crippen LogP contribution is 2.18. The van der Waals surface area contributed by atoms with E-state index < -0.39 is 5.60 Å². The highest BCUT2D eigenvalue weighted by molar-refractivity contribution is 7.79. The van der Waals surface area contributed by atoms with E-state index in [0.717, 1.165) is 15.6 Å². The maximum absolute atomic E-state index is 12.0. The monoisotopic (exact) mass is 280 g/mol. The molecule has 4 nitrogen and oxygen atoms in total. The quantitative estimate of drug-likeness (QED) is 0.496. The smallest absolute Gasteiger partial charge is 0.502 e. The van der Waals surface area contributed by atoms with Crippen LogP contribution in [0.5, 0.6) is 6.01 Å². The number of nitrogens with zero attached hydrogens (tertiary/aromatic N) is 2. The van der Waals surface area contributed by atoms with E-state index in [-0.39, 0.29) is 6.01 Å². The second-order valence-electron chi connectivity index (χ2n) is 5.01. The van der Waals surface area contributed by atoms with Gasteiger partial charge in [-0.25, -0.2) is 0 Å². The molecular weight excluding hydrogens is 260 g/mol. The van der Waals surface area contributed by atoms with Gasteiger partial charge < -0.3 is 9.94 Å². The first kappa shape index (κ1) is 15.6. The van der Waals surface area contributed by atoms with Gasteiger partial charge in [-0.3, -0.25) is 0 Å². The minimum absolute atomic E-state index is 0.105. The number of thiol groups is 1. The Hall–Kier alpha value is -1.49. The maximum atomic E-state index is 12.0. The summed E-state index contributed by atoms with van der Waals surface area (Å²) in [6, 6.07) is 7.64. The summed E-state index contributed by atoms with van der Waals surface area (Å²) in [5.74, 6) is 0. The van der Waals surface area contributed by atoms with Gasteiger partial charge in [0.25, 0.3) is 0 Å². The summed E-state index contributed by atoms with van der Waals surface area (Å²) < 4.78 is 6.30. The van der Waals surface area contributed by atoms with E-state index >= 15 is 0 Å². The first-order chi connectivity index (χ1) is 8.88. The van der Waals surface area contributed by atoms with Crippen molar-refractivity contribution in [1.82, 2.24) is 4.98 Å². The van der Waals surface area contributed by atoms with Gasteiger partial charge in [0.05, 0.1) is 5.39 Å². The summed E-state index contributed by atoms with van der Waals surface area (Å²) in [6.45, 7) is 7.43. The molecule has 0 saturated carbocycles. The lowest BCUT2D eigenvalue weighted by Crippen LogP contribution is -2.38. The second-order valence-corrected chi connectivity index (χ2v) is 5.01. The Morgan fingerprint density at radius 3 is 2.37 bits per heavy atom. The largest absolute Gasteiger partial charge is 0.708 e. The van der Waals surface area contributed by atoms with Gasteiger partial charge in [-0.15, -0.1) is 0 Å². The number of hydrogen-bond donors (Lipinski definition) is 1. The SMILES string of the molecule is CS.Cc1c2ccccc2nc(OC(C)(C)C)[n+]1[O-]. The van der Waals surface area contributed by atoms with Crippen molar-refractivity contribution in [2.75, 3.05) is 6.26 Å². The summed E-state index contributed by atoms with van der Waals surface area (Å²) in [6.07, 6.45) is 1.69. The molecule has 0 fully saturated rings. The van der Waals surface area contributed by atoms with E-state index in [4.69, 9.17) is 4.74 Å². The van der Waals surface area contributed by atoms with E-state index in [0.29, 0.717) is 5.69 Å². The van der Waals surface area contributed by atoms with E-state index in [9.17, 15) is 5.21 Å². The van der Waals surface area contributed by atoms with Gasteiger partial charge in [0.1, 0.15) is 11.3 Å². The van der Waals surface area contributed by atoms with Crippen LogP contribution in [0, 0.1) is 12.1 Å². The molecule has 0 atom stereocenters. The zero-order valence-corrected chi connectivity index (χ0v) is 12.9. The number of ether oxygens (including phenoxy) is 1. The van der Waals surface area contributed by atoms with Gasteiger partial charge in [0.2, 0.25) is 0 Å². The van der Waals surface area contributed by atoms with Crippen molar-refractivity contribution in [3.63, 3.8) is 0 Å². The van der Waals surface area contributed by atoms with Crippen LogP contribution in [0.25, 0.3) is 10.9 Å². The molecule has 0 saturated heterocycles. The first-order valence-electron chi connectivity index (χ1n) is 6.01. The molecule has 0 aliphatic heterocycles. The minimum atomic E-state index is -0.436. The third-order valence-electron chi connectivity index (χ3n) is 2.39. The molecule has 104 valence electrons. The summed E-state index contributed by atoms with van der Waals surface area (Å²) >= 11 is 3.53. The Kier molecular flexibility index (Phi) is 5.00.